The number of anilines is 1. The summed E-state index contributed by atoms with van der Waals surface area (Å²) >= 11 is 4.36. The summed E-state index contributed by atoms with van der Waals surface area (Å²) in [6.45, 7) is 0. The first-order valence-corrected chi connectivity index (χ1v) is 8.26. The molecular weight excluding hydrogens is 492 g/mol. The summed E-state index contributed by atoms with van der Waals surface area (Å²) in [5, 5.41) is 3.96. The molecule has 0 fully saturated rings. The maximum Gasteiger partial charge on any atom is 0.256 e. The summed E-state index contributed by atoms with van der Waals surface area (Å²) in [4.78, 5) is 20.8. The number of amides is 1. The minimum atomic E-state index is -0.157. The van der Waals surface area contributed by atoms with Crippen LogP contribution in [0, 0.1) is 7.14 Å². The summed E-state index contributed by atoms with van der Waals surface area (Å²) in [6, 6.07) is 9.44. The van der Waals surface area contributed by atoms with Crippen LogP contribution in [0.5, 0.6) is 0 Å². The van der Waals surface area contributed by atoms with Gasteiger partial charge in [-0.25, -0.2) is 0 Å². The number of pyridine rings is 2. The van der Waals surface area contributed by atoms with Gasteiger partial charge in [0.2, 0.25) is 0 Å². The number of carbonyl (C=O) groups excluding carboxylic acids is 1. The normalized spacial score (nSPS) is 10.6. The molecule has 1 N–H and O–H groups in total. The minimum Gasteiger partial charge on any atom is -0.320 e. The Balaban J connectivity index is 2.01. The van der Waals surface area contributed by atoms with Crippen LogP contribution < -0.4 is 5.32 Å². The third kappa shape index (κ3) is 3.00. The molecule has 2 heterocycles. The van der Waals surface area contributed by atoms with Gasteiger partial charge in [-0.05, 0) is 69.4 Å². The van der Waals surface area contributed by atoms with Crippen LogP contribution in [0.15, 0.2) is 48.9 Å². The smallest absolute Gasteiger partial charge is 0.256 e. The molecule has 0 atom stereocenters. The van der Waals surface area contributed by atoms with Crippen molar-refractivity contribution < 1.29 is 4.79 Å². The number of nitrogens with zero attached hydrogens (tertiary/aromatic N) is 2. The highest BCUT2D eigenvalue weighted by Crippen LogP contribution is 2.26. The summed E-state index contributed by atoms with van der Waals surface area (Å²) < 4.78 is 1.92. The highest BCUT2D eigenvalue weighted by atomic mass is 127. The van der Waals surface area contributed by atoms with Crippen molar-refractivity contribution in [2.45, 2.75) is 0 Å². The number of aromatic nitrogens is 2. The van der Waals surface area contributed by atoms with E-state index >= 15 is 0 Å². The highest BCUT2D eigenvalue weighted by molar-refractivity contribution is 14.1. The predicted molar refractivity (Wildman–Crippen MR) is 99.4 cm³/mol. The lowest BCUT2D eigenvalue weighted by molar-refractivity contribution is 0.102. The van der Waals surface area contributed by atoms with E-state index in [2.05, 4.69) is 60.5 Å². The van der Waals surface area contributed by atoms with Crippen molar-refractivity contribution in [2.24, 2.45) is 0 Å². The van der Waals surface area contributed by atoms with E-state index < -0.39 is 0 Å². The molecule has 6 heteroatoms. The lowest BCUT2D eigenvalue weighted by atomic mass is 10.2. The lowest BCUT2D eigenvalue weighted by Gasteiger charge is -2.10. The molecule has 104 valence electrons. The summed E-state index contributed by atoms with van der Waals surface area (Å²) in [5.41, 5.74) is 2.11. The Hall–Kier alpha value is -1.29. The maximum atomic E-state index is 12.4. The van der Waals surface area contributed by atoms with Crippen LogP contribution in [0.25, 0.3) is 10.9 Å². The maximum absolute atomic E-state index is 12.4. The van der Waals surface area contributed by atoms with E-state index in [-0.39, 0.29) is 5.91 Å². The lowest BCUT2D eigenvalue weighted by Crippen LogP contribution is -2.14. The van der Waals surface area contributed by atoms with Crippen LogP contribution in [-0.2, 0) is 0 Å². The highest BCUT2D eigenvalue weighted by Gasteiger charge is 2.12. The first kappa shape index (κ1) is 14.6. The Bertz CT molecular complexity index is 836. The average molecular weight is 501 g/mol. The number of hydrogen-bond acceptors (Lipinski definition) is 3. The predicted octanol–water partition coefficient (Wildman–Crippen LogP) is 4.09. The van der Waals surface area contributed by atoms with E-state index in [1.165, 1.54) is 0 Å². The van der Waals surface area contributed by atoms with Gasteiger partial charge in [-0.2, -0.15) is 0 Å². The molecule has 0 spiro atoms. The molecule has 21 heavy (non-hydrogen) atoms. The van der Waals surface area contributed by atoms with E-state index in [1.807, 2.05) is 24.3 Å². The van der Waals surface area contributed by atoms with Crippen molar-refractivity contribution in [3.8, 4) is 0 Å². The van der Waals surface area contributed by atoms with Crippen molar-refractivity contribution in [1.29, 1.82) is 0 Å². The molecule has 0 aliphatic carbocycles. The first-order valence-electron chi connectivity index (χ1n) is 6.11. The zero-order valence-corrected chi connectivity index (χ0v) is 15.0. The molecule has 0 aliphatic heterocycles. The average Bonchev–Trinajstić information content (AvgIpc) is 2.51. The van der Waals surface area contributed by atoms with E-state index in [0.717, 1.165) is 18.0 Å². The SMILES string of the molecule is O=C(Nc1ccc(I)c2cccnc12)c1ccncc1I. The van der Waals surface area contributed by atoms with Gasteiger partial charge in [0.05, 0.1) is 16.8 Å². The van der Waals surface area contributed by atoms with Crippen molar-refractivity contribution in [3.63, 3.8) is 0 Å². The van der Waals surface area contributed by atoms with E-state index in [9.17, 15) is 4.79 Å². The van der Waals surface area contributed by atoms with Crippen LogP contribution in [0.2, 0.25) is 0 Å². The Morgan fingerprint density at radius 3 is 2.71 bits per heavy atom. The van der Waals surface area contributed by atoms with Crippen LogP contribution >= 0.6 is 45.2 Å². The fraction of sp³-hybridized carbons (Fsp3) is 0. The van der Waals surface area contributed by atoms with Gasteiger partial charge in [0.1, 0.15) is 0 Å². The Morgan fingerprint density at radius 2 is 1.90 bits per heavy atom. The van der Waals surface area contributed by atoms with Gasteiger partial charge in [0.25, 0.3) is 5.91 Å². The van der Waals surface area contributed by atoms with Crippen molar-refractivity contribution in [2.75, 3.05) is 5.32 Å². The third-order valence-electron chi connectivity index (χ3n) is 2.98. The molecule has 0 bridgehead atoms. The monoisotopic (exact) mass is 501 g/mol. The Morgan fingerprint density at radius 1 is 1.05 bits per heavy atom. The quantitative estimate of drug-likeness (QED) is 0.539. The molecule has 0 saturated carbocycles. The number of carbonyl (C=O) groups is 1. The molecule has 1 amide bonds. The van der Waals surface area contributed by atoms with Crippen molar-refractivity contribution in [3.05, 3.63) is 61.6 Å². The summed E-state index contributed by atoms with van der Waals surface area (Å²) in [5.74, 6) is -0.157. The topological polar surface area (TPSA) is 54.9 Å². The number of fused-ring (bicyclic) bond motifs is 1. The number of nitrogens with one attached hydrogen (secondary N) is 1. The van der Waals surface area contributed by atoms with Crippen molar-refractivity contribution in [1.82, 2.24) is 9.97 Å². The second kappa shape index (κ2) is 6.22. The fourth-order valence-corrected chi connectivity index (χ4v) is 3.19. The second-order valence-electron chi connectivity index (χ2n) is 4.30. The third-order valence-corrected chi connectivity index (χ3v) is 4.78. The Kier molecular flexibility index (Phi) is 4.34. The number of halogens is 2. The summed E-state index contributed by atoms with van der Waals surface area (Å²) in [7, 11) is 0. The molecule has 0 radical (unpaired) electrons. The number of hydrogen-bond donors (Lipinski definition) is 1. The van der Waals surface area contributed by atoms with Gasteiger partial charge in [-0.1, -0.05) is 6.07 Å². The van der Waals surface area contributed by atoms with E-state index in [4.69, 9.17) is 0 Å². The Labute approximate surface area is 148 Å². The minimum absolute atomic E-state index is 0.157. The standard InChI is InChI=1S/C15H9I2N3O/c16-11-3-4-13(14-9(11)2-1-6-19-14)20-15(21)10-5-7-18-8-12(10)17/h1-8H,(H,20,21). The van der Waals surface area contributed by atoms with Gasteiger partial charge in [0, 0.05) is 31.1 Å². The van der Waals surface area contributed by atoms with Crippen molar-refractivity contribution >= 4 is 67.7 Å². The van der Waals surface area contributed by atoms with Crippen LogP contribution in [0.4, 0.5) is 5.69 Å². The molecule has 3 rings (SSSR count). The fourth-order valence-electron chi connectivity index (χ4n) is 1.99. The number of benzene rings is 1. The zero-order chi connectivity index (χ0) is 14.8. The van der Waals surface area contributed by atoms with Crippen LogP contribution in [-0.4, -0.2) is 15.9 Å². The van der Waals surface area contributed by atoms with Crippen LogP contribution in [0.1, 0.15) is 10.4 Å². The van der Waals surface area contributed by atoms with Gasteiger partial charge in [-0.15, -0.1) is 0 Å². The molecule has 0 saturated heterocycles. The molecule has 2 aromatic heterocycles. The van der Waals surface area contributed by atoms with Gasteiger partial charge in [0.15, 0.2) is 0 Å². The number of rotatable bonds is 2. The second-order valence-corrected chi connectivity index (χ2v) is 6.63. The molecule has 0 unspecified atom stereocenters. The molecule has 4 nitrogen and oxygen atoms in total. The van der Waals surface area contributed by atoms with E-state index in [0.29, 0.717) is 11.3 Å². The van der Waals surface area contributed by atoms with Crippen LogP contribution in [0.3, 0.4) is 0 Å². The summed E-state index contributed by atoms with van der Waals surface area (Å²) in [6.07, 6.45) is 5.01. The molecule has 3 aromatic rings. The van der Waals surface area contributed by atoms with Gasteiger partial charge < -0.3 is 5.32 Å². The molecule has 0 aliphatic rings. The largest absolute Gasteiger partial charge is 0.320 e. The zero-order valence-electron chi connectivity index (χ0n) is 10.7. The van der Waals surface area contributed by atoms with Gasteiger partial charge in [-0.3, -0.25) is 14.8 Å². The van der Waals surface area contributed by atoms with Gasteiger partial charge >= 0.3 is 0 Å². The molecule has 1 aromatic carbocycles. The molecular formula is C15H9I2N3O. The van der Waals surface area contributed by atoms with E-state index in [1.54, 1.807) is 24.7 Å². The first-order chi connectivity index (χ1) is 10.2.